The van der Waals surface area contributed by atoms with E-state index in [1.165, 1.54) is 17.5 Å². The maximum Gasteiger partial charge on any atom is 0.321 e. The largest absolute Gasteiger partial charge is 0.456 e. The molecule has 0 saturated heterocycles. The van der Waals surface area contributed by atoms with Crippen molar-refractivity contribution >= 4 is 23.7 Å². The molecule has 0 saturated carbocycles. The Morgan fingerprint density at radius 2 is 1.74 bits per heavy atom. The average molecular weight is 374 g/mol. The predicted octanol–water partition coefficient (Wildman–Crippen LogP) is 2.31. The lowest BCUT2D eigenvalue weighted by molar-refractivity contribution is -0.148. The van der Waals surface area contributed by atoms with E-state index in [0.29, 0.717) is 5.56 Å². The van der Waals surface area contributed by atoms with Crippen molar-refractivity contribution in [2.75, 3.05) is 6.61 Å². The van der Waals surface area contributed by atoms with Gasteiger partial charge in [-0.3, -0.25) is 19.7 Å². The highest BCUT2D eigenvalue weighted by Crippen LogP contribution is 2.22. The van der Waals surface area contributed by atoms with Gasteiger partial charge >= 0.3 is 12.0 Å². The number of ether oxygens (including phenoxy) is 1. The highest BCUT2D eigenvalue weighted by atomic mass is 16.5. The number of benzene rings is 1. The number of amides is 3. The van der Waals surface area contributed by atoms with Gasteiger partial charge < -0.3 is 10.1 Å². The Bertz CT molecular complexity index is 727. The Balaban J connectivity index is 1.73. The van der Waals surface area contributed by atoms with Crippen molar-refractivity contribution < 1.29 is 23.9 Å². The number of Topliss-reactive ketones (excluding diaryl/α,β-unsaturated/α-hetero) is 1. The molecule has 3 amide bonds. The first-order valence-electron chi connectivity index (χ1n) is 9.26. The molecule has 1 aliphatic rings. The molecular weight excluding hydrogens is 348 g/mol. The number of ketones is 1. The summed E-state index contributed by atoms with van der Waals surface area (Å²) in [7, 11) is 0. The van der Waals surface area contributed by atoms with Crippen molar-refractivity contribution in [1.29, 1.82) is 0 Å². The van der Waals surface area contributed by atoms with Crippen LogP contribution in [0.25, 0.3) is 0 Å². The Hall–Kier alpha value is -2.70. The zero-order valence-electron chi connectivity index (χ0n) is 15.8. The number of hydrogen-bond acceptors (Lipinski definition) is 5. The molecule has 0 heterocycles. The molecule has 0 aliphatic heterocycles. The molecule has 1 aromatic rings. The Morgan fingerprint density at radius 3 is 2.44 bits per heavy atom. The second-order valence-electron chi connectivity index (χ2n) is 6.95. The van der Waals surface area contributed by atoms with Crippen LogP contribution in [0, 0.1) is 0 Å². The molecule has 0 aromatic heterocycles. The van der Waals surface area contributed by atoms with Gasteiger partial charge in [0.2, 0.25) is 0 Å². The normalized spacial score (nSPS) is 12.9. The molecule has 27 heavy (non-hydrogen) atoms. The van der Waals surface area contributed by atoms with E-state index < -0.39 is 24.5 Å². The van der Waals surface area contributed by atoms with Gasteiger partial charge in [0.25, 0.3) is 5.91 Å². The fourth-order valence-electron chi connectivity index (χ4n) is 2.95. The van der Waals surface area contributed by atoms with Crippen LogP contribution in [0.3, 0.4) is 0 Å². The quantitative estimate of drug-likeness (QED) is 0.563. The van der Waals surface area contributed by atoms with Gasteiger partial charge in [-0.1, -0.05) is 12.1 Å². The van der Waals surface area contributed by atoms with E-state index >= 15 is 0 Å². The molecular formula is C20H26N2O5. The second kappa shape index (κ2) is 9.85. The smallest absolute Gasteiger partial charge is 0.321 e. The minimum absolute atomic E-state index is 0.0209. The number of carbonyl (C=O) groups excluding carboxylic acids is 4. The van der Waals surface area contributed by atoms with Crippen molar-refractivity contribution in [2.45, 2.75) is 58.4 Å². The van der Waals surface area contributed by atoms with E-state index in [1.54, 1.807) is 19.9 Å². The maximum atomic E-state index is 12.3. The van der Waals surface area contributed by atoms with E-state index in [2.05, 4.69) is 10.6 Å². The summed E-state index contributed by atoms with van der Waals surface area (Å²) >= 11 is 0. The molecule has 2 N–H and O–H groups in total. The van der Waals surface area contributed by atoms with Crippen molar-refractivity contribution in [2.24, 2.45) is 0 Å². The third kappa shape index (κ3) is 6.84. The lowest BCUT2D eigenvalue weighted by atomic mass is 9.89. The molecule has 1 aromatic carbocycles. The second-order valence-corrected chi connectivity index (χ2v) is 6.95. The number of nitrogens with one attached hydrogen (secondary N) is 2. The van der Waals surface area contributed by atoms with Crippen molar-refractivity contribution in [3.63, 3.8) is 0 Å². The van der Waals surface area contributed by atoms with Gasteiger partial charge in [0.05, 0.1) is 6.42 Å². The summed E-state index contributed by atoms with van der Waals surface area (Å²) in [5, 5.41) is 4.54. The zero-order chi connectivity index (χ0) is 19.8. The third-order valence-corrected chi connectivity index (χ3v) is 4.26. The van der Waals surface area contributed by atoms with Crippen LogP contribution in [-0.2, 0) is 27.2 Å². The van der Waals surface area contributed by atoms with Crippen LogP contribution in [0.5, 0.6) is 0 Å². The van der Waals surface area contributed by atoms with Crippen LogP contribution >= 0.6 is 0 Å². The Labute approximate surface area is 158 Å². The number of esters is 1. The van der Waals surface area contributed by atoms with E-state index in [4.69, 9.17) is 4.74 Å². The van der Waals surface area contributed by atoms with Crippen molar-refractivity contribution in [3.05, 3.63) is 34.9 Å². The van der Waals surface area contributed by atoms with Crippen LogP contribution < -0.4 is 10.6 Å². The summed E-state index contributed by atoms with van der Waals surface area (Å²) in [4.78, 5) is 46.9. The summed E-state index contributed by atoms with van der Waals surface area (Å²) in [6.07, 6.45) is 4.26. The molecule has 1 aliphatic carbocycles. The summed E-state index contributed by atoms with van der Waals surface area (Å²) in [6.45, 7) is 2.95. The van der Waals surface area contributed by atoms with E-state index in [-0.39, 0.29) is 24.7 Å². The van der Waals surface area contributed by atoms with Crippen LogP contribution in [0.15, 0.2) is 18.2 Å². The first-order valence-corrected chi connectivity index (χ1v) is 9.26. The number of carbonyl (C=O) groups is 4. The van der Waals surface area contributed by atoms with Crippen LogP contribution in [0.2, 0.25) is 0 Å². The summed E-state index contributed by atoms with van der Waals surface area (Å²) in [5.74, 6) is -1.50. The lowest BCUT2D eigenvalue weighted by Crippen LogP contribution is -2.44. The highest BCUT2D eigenvalue weighted by molar-refractivity contribution is 5.98. The van der Waals surface area contributed by atoms with Gasteiger partial charge in [0.1, 0.15) is 0 Å². The fourth-order valence-corrected chi connectivity index (χ4v) is 2.95. The number of hydrogen-bond donors (Lipinski definition) is 2. The molecule has 0 spiro atoms. The lowest BCUT2D eigenvalue weighted by Gasteiger charge is -2.16. The number of fused-ring (bicyclic) bond motifs is 1. The molecule has 7 heteroatoms. The van der Waals surface area contributed by atoms with Crippen molar-refractivity contribution in [1.82, 2.24) is 10.6 Å². The first-order chi connectivity index (χ1) is 12.8. The van der Waals surface area contributed by atoms with Gasteiger partial charge in [0, 0.05) is 18.0 Å². The minimum Gasteiger partial charge on any atom is -0.456 e. The maximum absolute atomic E-state index is 12.3. The predicted molar refractivity (Wildman–Crippen MR) is 99.4 cm³/mol. The molecule has 0 radical (unpaired) electrons. The molecule has 0 fully saturated rings. The summed E-state index contributed by atoms with van der Waals surface area (Å²) in [5.41, 5.74) is 3.11. The number of urea groups is 1. The van der Waals surface area contributed by atoms with E-state index in [0.717, 1.165) is 19.3 Å². The molecule has 7 nitrogen and oxygen atoms in total. The fraction of sp³-hybridized carbons (Fsp3) is 0.500. The molecule has 0 unspecified atom stereocenters. The van der Waals surface area contributed by atoms with Crippen LogP contribution in [-0.4, -0.2) is 36.3 Å². The van der Waals surface area contributed by atoms with Gasteiger partial charge in [-0.05, 0) is 56.7 Å². The number of imide groups is 1. The molecule has 0 bridgehead atoms. The van der Waals surface area contributed by atoms with Gasteiger partial charge in [0.15, 0.2) is 12.4 Å². The van der Waals surface area contributed by atoms with E-state index in [9.17, 15) is 19.2 Å². The van der Waals surface area contributed by atoms with E-state index in [1.807, 2.05) is 12.1 Å². The van der Waals surface area contributed by atoms with Gasteiger partial charge in [-0.2, -0.15) is 0 Å². The Kier molecular flexibility index (Phi) is 7.52. The average Bonchev–Trinajstić information content (AvgIpc) is 2.63. The summed E-state index contributed by atoms with van der Waals surface area (Å²) in [6, 6.07) is 4.96. The highest BCUT2D eigenvalue weighted by Gasteiger charge is 2.16. The topological polar surface area (TPSA) is 102 Å². The standard InChI is InChI=1S/C20H26N2O5/c1-13(2)21-20(26)22-18(24)12-27-19(25)10-9-17(23)16-8-7-14-5-3-4-6-15(14)11-16/h7-8,11,13H,3-6,9-10,12H2,1-2H3,(H2,21,22,24,26). The van der Waals surface area contributed by atoms with Crippen molar-refractivity contribution in [3.8, 4) is 0 Å². The van der Waals surface area contributed by atoms with Crippen LogP contribution in [0.1, 0.15) is 61.0 Å². The third-order valence-electron chi connectivity index (χ3n) is 4.26. The van der Waals surface area contributed by atoms with Crippen LogP contribution in [0.4, 0.5) is 4.79 Å². The minimum atomic E-state index is -0.720. The van der Waals surface area contributed by atoms with Gasteiger partial charge in [-0.25, -0.2) is 4.79 Å². The zero-order valence-corrected chi connectivity index (χ0v) is 15.8. The van der Waals surface area contributed by atoms with Gasteiger partial charge in [-0.15, -0.1) is 0 Å². The molecule has 2 rings (SSSR count). The number of aryl methyl sites for hydroxylation is 2. The SMILES string of the molecule is CC(C)NC(=O)NC(=O)COC(=O)CCC(=O)c1ccc2c(c1)CCCC2. The number of rotatable bonds is 7. The summed E-state index contributed by atoms with van der Waals surface area (Å²) < 4.78 is 4.80. The first kappa shape index (κ1) is 20.6. The Morgan fingerprint density at radius 1 is 1.04 bits per heavy atom. The molecule has 146 valence electrons. The monoisotopic (exact) mass is 374 g/mol. The molecule has 0 atom stereocenters.